The first-order valence-corrected chi connectivity index (χ1v) is 5.75. The van der Waals surface area contributed by atoms with Crippen molar-refractivity contribution in [1.29, 1.82) is 0 Å². The highest BCUT2D eigenvalue weighted by molar-refractivity contribution is 5.80. The number of rotatable bonds is 3. The lowest BCUT2D eigenvalue weighted by atomic mass is 9.97. The Hall–Kier alpha value is -1.77. The molecular formula is C14H16O3. The van der Waals surface area contributed by atoms with Crippen molar-refractivity contribution in [2.24, 2.45) is 0 Å². The minimum absolute atomic E-state index is 0.450. The Morgan fingerprint density at radius 3 is 2.71 bits per heavy atom. The number of methoxy groups -OCH3 is 1. The summed E-state index contributed by atoms with van der Waals surface area (Å²) in [6, 6.07) is 8.03. The Kier molecular flexibility index (Phi) is 3.47. The molecule has 90 valence electrons. The molecule has 1 saturated carbocycles. The van der Waals surface area contributed by atoms with E-state index in [0.29, 0.717) is 5.92 Å². The molecule has 3 nitrogen and oxygen atoms in total. The summed E-state index contributed by atoms with van der Waals surface area (Å²) < 4.78 is 5.12. The standard InChI is InChI=1S/C14H16O3/c1-17-13-6-4-11(5-7-13)12-3-2-10(8-12)9-14(15)16/h4-7,9,12H,2-3,8H2,1H3,(H,15,16)/b10-9+. The van der Waals surface area contributed by atoms with Gasteiger partial charge in [0.05, 0.1) is 7.11 Å². The number of hydrogen-bond donors (Lipinski definition) is 1. The van der Waals surface area contributed by atoms with Crippen LogP contribution in [0.4, 0.5) is 0 Å². The topological polar surface area (TPSA) is 46.5 Å². The third kappa shape index (κ3) is 2.87. The predicted molar refractivity (Wildman–Crippen MR) is 65.3 cm³/mol. The molecule has 0 radical (unpaired) electrons. The highest BCUT2D eigenvalue weighted by Crippen LogP contribution is 2.38. The normalized spacial score (nSPS) is 21.7. The smallest absolute Gasteiger partial charge is 0.328 e. The third-order valence-corrected chi connectivity index (χ3v) is 3.24. The summed E-state index contributed by atoms with van der Waals surface area (Å²) in [5.74, 6) is 0.468. The maximum absolute atomic E-state index is 10.6. The van der Waals surface area contributed by atoms with Gasteiger partial charge in [-0.15, -0.1) is 0 Å². The van der Waals surface area contributed by atoms with Crippen molar-refractivity contribution in [2.45, 2.75) is 25.2 Å². The average Bonchev–Trinajstić information content (AvgIpc) is 2.77. The molecule has 1 aliphatic rings. The number of benzene rings is 1. The lowest BCUT2D eigenvalue weighted by Crippen LogP contribution is -1.93. The maximum Gasteiger partial charge on any atom is 0.328 e. The van der Waals surface area contributed by atoms with E-state index in [0.717, 1.165) is 30.6 Å². The number of carboxylic acid groups (broad SMARTS) is 1. The quantitative estimate of drug-likeness (QED) is 0.815. The average molecular weight is 232 g/mol. The van der Waals surface area contributed by atoms with E-state index in [9.17, 15) is 4.79 Å². The van der Waals surface area contributed by atoms with Crippen LogP contribution in [-0.2, 0) is 4.79 Å². The van der Waals surface area contributed by atoms with Gasteiger partial charge in [0.15, 0.2) is 0 Å². The molecule has 1 unspecified atom stereocenters. The van der Waals surface area contributed by atoms with Crippen molar-refractivity contribution in [3.63, 3.8) is 0 Å². The summed E-state index contributed by atoms with van der Waals surface area (Å²) in [5, 5.41) is 8.71. The van der Waals surface area contributed by atoms with Gasteiger partial charge in [-0.3, -0.25) is 0 Å². The molecule has 1 aromatic rings. The van der Waals surface area contributed by atoms with Crippen LogP contribution < -0.4 is 4.74 Å². The van der Waals surface area contributed by atoms with Gasteiger partial charge in [-0.25, -0.2) is 4.79 Å². The summed E-state index contributed by atoms with van der Waals surface area (Å²) in [4.78, 5) is 10.6. The van der Waals surface area contributed by atoms with Gasteiger partial charge in [-0.2, -0.15) is 0 Å². The number of aliphatic carboxylic acids is 1. The minimum atomic E-state index is -0.838. The van der Waals surface area contributed by atoms with E-state index >= 15 is 0 Å². The summed E-state index contributed by atoms with van der Waals surface area (Å²) in [6.45, 7) is 0. The van der Waals surface area contributed by atoms with Crippen LogP contribution in [0.1, 0.15) is 30.7 Å². The second kappa shape index (κ2) is 5.04. The molecule has 17 heavy (non-hydrogen) atoms. The minimum Gasteiger partial charge on any atom is -0.497 e. The van der Waals surface area contributed by atoms with Crippen LogP contribution >= 0.6 is 0 Å². The fourth-order valence-corrected chi connectivity index (χ4v) is 2.35. The number of carbonyl (C=O) groups is 1. The van der Waals surface area contributed by atoms with Gasteiger partial charge in [0.25, 0.3) is 0 Å². The second-order valence-corrected chi connectivity index (χ2v) is 4.35. The first kappa shape index (κ1) is 11.7. The first-order chi connectivity index (χ1) is 8.19. The maximum atomic E-state index is 10.6. The van der Waals surface area contributed by atoms with Crippen molar-refractivity contribution in [1.82, 2.24) is 0 Å². The lowest BCUT2D eigenvalue weighted by Gasteiger charge is -2.09. The highest BCUT2D eigenvalue weighted by atomic mass is 16.5. The van der Waals surface area contributed by atoms with E-state index in [2.05, 4.69) is 12.1 Å². The van der Waals surface area contributed by atoms with Crippen LogP contribution in [-0.4, -0.2) is 18.2 Å². The molecule has 1 fully saturated rings. The Labute approximate surface area is 101 Å². The molecule has 0 amide bonds. The van der Waals surface area contributed by atoms with E-state index in [1.165, 1.54) is 11.6 Å². The molecule has 1 atom stereocenters. The lowest BCUT2D eigenvalue weighted by molar-refractivity contribution is -0.131. The van der Waals surface area contributed by atoms with Crippen LogP contribution in [0.2, 0.25) is 0 Å². The number of carboxylic acids is 1. The highest BCUT2D eigenvalue weighted by Gasteiger charge is 2.21. The zero-order valence-corrected chi connectivity index (χ0v) is 9.85. The summed E-state index contributed by atoms with van der Waals surface area (Å²) in [5.41, 5.74) is 2.30. The third-order valence-electron chi connectivity index (χ3n) is 3.24. The number of hydrogen-bond acceptors (Lipinski definition) is 2. The summed E-state index contributed by atoms with van der Waals surface area (Å²) in [6.07, 6.45) is 4.14. The zero-order valence-electron chi connectivity index (χ0n) is 9.85. The monoisotopic (exact) mass is 232 g/mol. The Morgan fingerprint density at radius 2 is 2.12 bits per heavy atom. The fraction of sp³-hybridized carbons (Fsp3) is 0.357. The fourth-order valence-electron chi connectivity index (χ4n) is 2.35. The van der Waals surface area contributed by atoms with Crippen molar-refractivity contribution in [3.8, 4) is 5.75 Å². The van der Waals surface area contributed by atoms with Gasteiger partial charge in [0.2, 0.25) is 0 Å². The molecule has 0 spiro atoms. The molecule has 0 bridgehead atoms. The largest absolute Gasteiger partial charge is 0.497 e. The van der Waals surface area contributed by atoms with Crippen LogP contribution in [0, 0.1) is 0 Å². The van der Waals surface area contributed by atoms with Gasteiger partial charge < -0.3 is 9.84 Å². The molecule has 0 aliphatic heterocycles. The SMILES string of the molecule is COc1ccc(C2CC/C(=C\C(=O)O)C2)cc1. The number of ether oxygens (including phenoxy) is 1. The molecule has 0 heterocycles. The molecule has 1 N–H and O–H groups in total. The van der Waals surface area contributed by atoms with Gasteiger partial charge in [0.1, 0.15) is 5.75 Å². The zero-order chi connectivity index (χ0) is 12.3. The summed E-state index contributed by atoms with van der Waals surface area (Å²) in [7, 11) is 1.65. The van der Waals surface area contributed by atoms with Crippen molar-refractivity contribution in [3.05, 3.63) is 41.5 Å². The Morgan fingerprint density at radius 1 is 1.41 bits per heavy atom. The van der Waals surface area contributed by atoms with E-state index in [-0.39, 0.29) is 0 Å². The van der Waals surface area contributed by atoms with Gasteiger partial charge in [-0.05, 0) is 42.9 Å². The van der Waals surface area contributed by atoms with E-state index in [4.69, 9.17) is 9.84 Å². The van der Waals surface area contributed by atoms with Crippen molar-refractivity contribution in [2.75, 3.05) is 7.11 Å². The van der Waals surface area contributed by atoms with Gasteiger partial charge in [-0.1, -0.05) is 17.7 Å². The Bertz CT molecular complexity index is 431. The number of allylic oxidation sites excluding steroid dienone is 1. The predicted octanol–water partition coefficient (Wildman–Crippen LogP) is 2.97. The summed E-state index contributed by atoms with van der Waals surface area (Å²) >= 11 is 0. The second-order valence-electron chi connectivity index (χ2n) is 4.35. The molecule has 1 aromatic carbocycles. The van der Waals surface area contributed by atoms with Crippen LogP contribution in [0.15, 0.2) is 35.9 Å². The van der Waals surface area contributed by atoms with Crippen LogP contribution in [0.3, 0.4) is 0 Å². The molecule has 3 heteroatoms. The van der Waals surface area contributed by atoms with E-state index in [1.54, 1.807) is 7.11 Å². The van der Waals surface area contributed by atoms with E-state index in [1.807, 2.05) is 12.1 Å². The van der Waals surface area contributed by atoms with Crippen LogP contribution in [0.25, 0.3) is 0 Å². The van der Waals surface area contributed by atoms with Gasteiger partial charge >= 0.3 is 5.97 Å². The molecular weight excluding hydrogens is 216 g/mol. The Balaban J connectivity index is 2.07. The molecule has 0 saturated heterocycles. The first-order valence-electron chi connectivity index (χ1n) is 5.75. The molecule has 1 aliphatic carbocycles. The van der Waals surface area contributed by atoms with Gasteiger partial charge in [0, 0.05) is 6.08 Å². The van der Waals surface area contributed by atoms with E-state index < -0.39 is 5.97 Å². The van der Waals surface area contributed by atoms with Crippen LogP contribution in [0.5, 0.6) is 5.75 Å². The van der Waals surface area contributed by atoms with Crippen molar-refractivity contribution < 1.29 is 14.6 Å². The molecule has 2 rings (SSSR count). The molecule has 0 aromatic heterocycles. The van der Waals surface area contributed by atoms with Crippen molar-refractivity contribution >= 4 is 5.97 Å².